The van der Waals surface area contributed by atoms with E-state index in [4.69, 9.17) is 0 Å². The standard InChI is InChI=1S/C18H20O/c1-4-15-5-7-16(8-6-15)9-10-17-11-13(2)18(19)14(3)12-17/h5-12,19H,4H2,1-3H3/b10-9+. The van der Waals surface area contributed by atoms with Crippen LogP contribution in [0.15, 0.2) is 36.4 Å². The zero-order chi connectivity index (χ0) is 13.8. The van der Waals surface area contributed by atoms with Crippen molar-refractivity contribution in [2.75, 3.05) is 0 Å². The number of benzene rings is 2. The van der Waals surface area contributed by atoms with Crippen molar-refractivity contribution < 1.29 is 5.11 Å². The molecule has 2 rings (SSSR count). The summed E-state index contributed by atoms with van der Waals surface area (Å²) in [6.45, 7) is 6.01. The van der Waals surface area contributed by atoms with Crippen molar-refractivity contribution in [2.45, 2.75) is 27.2 Å². The van der Waals surface area contributed by atoms with Gasteiger partial charge in [-0.05, 0) is 60.2 Å². The quantitative estimate of drug-likeness (QED) is 0.782. The molecule has 98 valence electrons. The smallest absolute Gasteiger partial charge is 0.121 e. The first kappa shape index (κ1) is 13.4. The minimum absolute atomic E-state index is 0.393. The first-order chi connectivity index (χ1) is 9.10. The molecule has 0 saturated carbocycles. The second-order valence-corrected chi connectivity index (χ2v) is 4.93. The van der Waals surface area contributed by atoms with E-state index in [0.717, 1.165) is 23.1 Å². The average Bonchev–Trinajstić information content (AvgIpc) is 2.43. The molecule has 0 aromatic heterocycles. The number of hydrogen-bond donors (Lipinski definition) is 1. The van der Waals surface area contributed by atoms with E-state index in [-0.39, 0.29) is 0 Å². The van der Waals surface area contributed by atoms with E-state index in [0.29, 0.717) is 5.75 Å². The summed E-state index contributed by atoms with van der Waals surface area (Å²) in [6.07, 6.45) is 5.26. The summed E-state index contributed by atoms with van der Waals surface area (Å²) < 4.78 is 0. The number of hydrogen-bond acceptors (Lipinski definition) is 1. The molecule has 0 aliphatic rings. The molecule has 0 spiro atoms. The minimum Gasteiger partial charge on any atom is -0.507 e. The van der Waals surface area contributed by atoms with Crippen molar-refractivity contribution in [3.63, 3.8) is 0 Å². The zero-order valence-electron chi connectivity index (χ0n) is 11.8. The molecule has 0 radical (unpaired) electrons. The Balaban J connectivity index is 2.22. The van der Waals surface area contributed by atoms with Gasteiger partial charge in [-0.1, -0.05) is 43.3 Å². The largest absolute Gasteiger partial charge is 0.507 e. The van der Waals surface area contributed by atoms with Crippen molar-refractivity contribution >= 4 is 12.2 Å². The monoisotopic (exact) mass is 252 g/mol. The van der Waals surface area contributed by atoms with E-state index in [9.17, 15) is 5.11 Å². The van der Waals surface area contributed by atoms with Crippen LogP contribution in [0.25, 0.3) is 12.2 Å². The summed E-state index contributed by atoms with van der Waals surface area (Å²) in [5, 5.41) is 9.75. The predicted octanol–water partition coefficient (Wildman–Crippen LogP) is 4.74. The normalized spacial score (nSPS) is 11.1. The third-order valence-corrected chi connectivity index (χ3v) is 3.37. The Morgan fingerprint density at radius 2 is 1.42 bits per heavy atom. The van der Waals surface area contributed by atoms with Gasteiger partial charge in [-0.25, -0.2) is 0 Å². The van der Waals surface area contributed by atoms with Gasteiger partial charge >= 0.3 is 0 Å². The van der Waals surface area contributed by atoms with Crippen molar-refractivity contribution in [1.82, 2.24) is 0 Å². The molecule has 0 aliphatic heterocycles. The first-order valence-electron chi connectivity index (χ1n) is 6.67. The van der Waals surface area contributed by atoms with E-state index in [1.807, 2.05) is 26.0 Å². The second-order valence-electron chi connectivity index (χ2n) is 4.93. The topological polar surface area (TPSA) is 20.2 Å². The van der Waals surface area contributed by atoms with Gasteiger partial charge in [-0.3, -0.25) is 0 Å². The summed E-state index contributed by atoms with van der Waals surface area (Å²) in [7, 11) is 0. The molecule has 1 N–H and O–H groups in total. The molecular formula is C18H20O. The van der Waals surface area contributed by atoms with Gasteiger partial charge in [0.25, 0.3) is 0 Å². The van der Waals surface area contributed by atoms with Crippen LogP contribution in [-0.2, 0) is 6.42 Å². The molecule has 2 aromatic carbocycles. The van der Waals surface area contributed by atoms with Crippen LogP contribution in [0, 0.1) is 13.8 Å². The fraction of sp³-hybridized carbons (Fsp3) is 0.222. The highest BCUT2D eigenvalue weighted by Crippen LogP contribution is 2.24. The van der Waals surface area contributed by atoms with Crippen LogP contribution >= 0.6 is 0 Å². The Bertz CT molecular complexity index is 569. The molecule has 0 heterocycles. The highest BCUT2D eigenvalue weighted by atomic mass is 16.3. The maximum atomic E-state index is 9.75. The molecule has 0 atom stereocenters. The molecule has 1 heteroatoms. The molecule has 0 unspecified atom stereocenters. The van der Waals surface area contributed by atoms with E-state index in [1.54, 1.807) is 0 Å². The fourth-order valence-electron chi connectivity index (χ4n) is 2.14. The fourth-order valence-corrected chi connectivity index (χ4v) is 2.14. The maximum Gasteiger partial charge on any atom is 0.121 e. The SMILES string of the molecule is CCc1ccc(/C=C/c2cc(C)c(O)c(C)c2)cc1. The lowest BCUT2D eigenvalue weighted by Crippen LogP contribution is -1.83. The Kier molecular flexibility index (Phi) is 4.06. The summed E-state index contributed by atoms with van der Waals surface area (Å²) in [5.41, 5.74) is 5.50. The van der Waals surface area contributed by atoms with Gasteiger partial charge in [0.1, 0.15) is 5.75 Å². The van der Waals surface area contributed by atoms with E-state index < -0.39 is 0 Å². The molecule has 0 amide bonds. The number of aromatic hydroxyl groups is 1. The van der Waals surface area contributed by atoms with Crippen molar-refractivity contribution in [3.8, 4) is 5.75 Å². The van der Waals surface area contributed by atoms with Crippen molar-refractivity contribution in [1.29, 1.82) is 0 Å². The number of phenolic OH excluding ortho intramolecular Hbond substituents is 1. The van der Waals surface area contributed by atoms with Gasteiger partial charge < -0.3 is 5.11 Å². The lowest BCUT2D eigenvalue weighted by molar-refractivity contribution is 0.467. The molecular weight excluding hydrogens is 232 g/mol. The lowest BCUT2D eigenvalue weighted by atomic mass is 10.0. The Labute approximate surface area is 115 Å². The summed E-state index contributed by atoms with van der Waals surface area (Å²) in [4.78, 5) is 0. The Morgan fingerprint density at radius 3 is 1.95 bits per heavy atom. The lowest BCUT2D eigenvalue weighted by Gasteiger charge is -2.04. The summed E-state index contributed by atoms with van der Waals surface area (Å²) in [5.74, 6) is 0.393. The van der Waals surface area contributed by atoms with E-state index in [1.165, 1.54) is 11.1 Å². The van der Waals surface area contributed by atoms with Crippen LogP contribution in [0.4, 0.5) is 0 Å². The van der Waals surface area contributed by atoms with Gasteiger partial charge in [-0.15, -0.1) is 0 Å². The van der Waals surface area contributed by atoms with Gasteiger partial charge in [0.15, 0.2) is 0 Å². The second kappa shape index (κ2) is 5.75. The van der Waals surface area contributed by atoms with Gasteiger partial charge in [-0.2, -0.15) is 0 Å². The van der Waals surface area contributed by atoms with Crippen LogP contribution in [0.1, 0.15) is 34.7 Å². The number of rotatable bonds is 3. The highest BCUT2D eigenvalue weighted by molar-refractivity contribution is 5.71. The van der Waals surface area contributed by atoms with Gasteiger partial charge in [0, 0.05) is 0 Å². The van der Waals surface area contributed by atoms with Crippen molar-refractivity contribution in [3.05, 3.63) is 64.2 Å². The zero-order valence-corrected chi connectivity index (χ0v) is 11.8. The van der Waals surface area contributed by atoms with Crippen LogP contribution in [-0.4, -0.2) is 5.11 Å². The molecule has 2 aromatic rings. The van der Waals surface area contributed by atoms with Crippen LogP contribution in [0.3, 0.4) is 0 Å². The predicted molar refractivity (Wildman–Crippen MR) is 82.3 cm³/mol. The van der Waals surface area contributed by atoms with Gasteiger partial charge in [0.2, 0.25) is 0 Å². The molecule has 0 aliphatic carbocycles. The van der Waals surface area contributed by atoms with E-state index >= 15 is 0 Å². The molecule has 1 nitrogen and oxygen atoms in total. The average molecular weight is 252 g/mol. The van der Waals surface area contributed by atoms with Gasteiger partial charge in [0.05, 0.1) is 0 Å². The minimum atomic E-state index is 0.393. The van der Waals surface area contributed by atoms with Crippen LogP contribution < -0.4 is 0 Å². The number of aryl methyl sites for hydroxylation is 3. The van der Waals surface area contributed by atoms with Crippen LogP contribution in [0.2, 0.25) is 0 Å². The third-order valence-electron chi connectivity index (χ3n) is 3.37. The first-order valence-corrected chi connectivity index (χ1v) is 6.67. The van der Waals surface area contributed by atoms with E-state index in [2.05, 4.69) is 43.3 Å². The molecule has 19 heavy (non-hydrogen) atoms. The Morgan fingerprint density at radius 1 is 0.895 bits per heavy atom. The summed E-state index contributed by atoms with van der Waals surface area (Å²) in [6, 6.07) is 12.6. The molecule has 0 fully saturated rings. The molecule has 0 saturated heterocycles. The number of phenols is 1. The summed E-state index contributed by atoms with van der Waals surface area (Å²) >= 11 is 0. The maximum absolute atomic E-state index is 9.75. The third kappa shape index (κ3) is 3.25. The van der Waals surface area contributed by atoms with Crippen LogP contribution in [0.5, 0.6) is 5.75 Å². The molecule has 0 bridgehead atoms. The highest BCUT2D eigenvalue weighted by Gasteiger charge is 2.01. The Hall–Kier alpha value is -2.02. The van der Waals surface area contributed by atoms with Crippen molar-refractivity contribution in [2.24, 2.45) is 0 Å².